The standard InChI is InChI=1S/C13H13ClN2O/c1-17-11-5-6-13(12(15)8-11)16-10-4-2-3-9(14)7-10/h2-8,16H,15H2,1H3. The molecule has 0 aliphatic rings. The van der Waals surface area contributed by atoms with Crippen molar-refractivity contribution >= 4 is 28.7 Å². The van der Waals surface area contributed by atoms with E-state index in [1.165, 1.54) is 0 Å². The molecule has 0 spiro atoms. The molecule has 0 radical (unpaired) electrons. The molecule has 0 unspecified atom stereocenters. The number of anilines is 3. The van der Waals surface area contributed by atoms with E-state index in [9.17, 15) is 0 Å². The number of rotatable bonds is 3. The fourth-order valence-electron chi connectivity index (χ4n) is 1.50. The lowest BCUT2D eigenvalue weighted by molar-refractivity contribution is 0.415. The van der Waals surface area contributed by atoms with Gasteiger partial charge in [-0.3, -0.25) is 0 Å². The van der Waals surface area contributed by atoms with Crippen LogP contribution >= 0.6 is 11.6 Å². The van der Waals surface area contributed by atoms with Crippen molar-refractivity contribution in [3.8, 4) is 5.75 Å². The largest absolute Gasteiger partial charge is 0.497 e. The minimum absolute atomic E-state index is 0.629. The van der Waals surface area contributed by atoms with Crippen molar-refractivity contribution in [2.45, 2.75) is 0 Å². The van der Waals surface area contributed by atoms with Crippen molar-refractivity contribution in [3.05, 3.63) is 47.5 Å². The Balaban J connectivity index is 2.24. The van der Waals surface area contributed by atoms with E-state index in [1.807, 2.05) is 36.4 Å². The molecular weight excluding hydrogens is 236 g/mol. The fourth-order valence-corrected chi connectivity index (χ4v) is 1.69. The summed E-state index contributed by atoms with van der Waals surface area (Å²) in [5.41, 5.74) is 8.26. The average Bonchev–Trinajstić information content (AvgIpc) is 2.32. The van der Waals surface area contributed by atoms with Crippen LogP contribution in [0.5, 0.6) is 5.75 Å². The number of halogens is 1. The first-order valence-electron chi connectivity index (χ1n) is 5.15. The summed E-state index contributed by atoms with van der Waals surface area (Å²) in [6.07, 6.45) is 0. The lowest BCUT2D eigenvalue weighted by Gasteiger charge is -2.10. The van der Waals surface area contributed by atoms with E-state index < -0.39 is 0 Å². The van der Waals surface area contributed by atoms with Gasteiger partial charge >= 0.3 is 0 Å². The van der Waals surface area contributed by atoms with E-state index in [0.717, 1.165) is 17.1 Å². The second kappa shape index (κ2) is 4.97. The molecule has 0 heterocycles. The van der Waals surface area contributed by atoms with Crippen LogP contribution in [0.3, 0.4) is 0 Å². The fraction of sp³-hybridized carbons (Fsp3) is 0.0769. The average molecular weight is 249 g/mol. The summed E-state index contributed by atoms with van der Waals surface area (Å²) in [7, 11) is 1.61. The van der Waals surface area contributed by atoms with Gasteiger partial charge in [-0.05, 0) is 30.3 Å². The van der Waals surface area contributed by atoms with Crippen molar-refractivity contribution in [2.75, 3.05) is 18.2 Å². The first-order valence-corrected chi connectivity index (χ1v) is 5.53. The quantitative estimate of drug-likeness (QED) is 0.815. The van der Waals surface area contributed by atoms with E-state index >= 15 is 0 Å². The van der Waals surface area contributed by atoms with E-state index in [-0.39, 0.29) is 0 Å². The first kappa shape index (κ1) is 11.6. The van der Waals surface area contributed by atoms with Gasteiger partial charge in [0.05, 0.1) is 18.5 Å². The summed E-state index contributed by atoms with van der Waals surface area (Å²) < 4.78 is 5.09. The molecule has 17 heavy (non-hydrogen) atoms. The van der Waals surface area contributed by atoms with Gasteiger partial charge in [-0.1, -0.05) is 17.7 Å². The monoisotopic (exact) mass is 248 g/mol. The van der Waals surface area contributed by atoms with Crippen molar-refractivity contribution in [1.29, 1.82) is 0 Å². The van der Waals surface area contributed by atoms with Crippen LogP contribution in [0.2, 0.25) is 5.02 Å². The SMILES string of the molecule is COc1ccc(Nc2cccc(Cl)c2)c(N)c1. The number of hydrogen-bond acceptors (Lipinski definition) is 3. The first-order chi connectivity index (χ1) is 8.19. The molecule has 2 aromatic carbocycles. The number of nitrogen functional groups attached to an aromatic ring is 1. The predicted octanol–water partition coefficient (Wildman–Crippen LogP) is 3.67. The highest BCUT2D eigenvalue weighted by atomic mass is 35.5. The third kappa shape index (κ3) is 2.82. The van der Waals surface area contributed by atoms with Crippen LogP contribution in [0.15, 0.2) is 42.5 Å². The molecule has 0 fully saturated rings. The van der Waals surface area contributed by atoms with Crippen LogP contribution in [0, 0.1) is 0 Å². The number of nitrogens with two attached hydrogens (primary N) is 1. The van der Waals surface area contributed by atoms with Crippen molar-refractivity contribution in [3.63, 3.8) is 0 Å². The molecule has 0 saturated carbocycles. The minimum atomic E-state index is 0.629. The zero-order chi connectivity index (χ0) is 12.3. The summed E-state index contributed by atoms with van der Waals surface area (Å²) in [5.74, 6) is 0.735. The van der Waals surface area contributed by atoms with Crippen LogP contribution in [0.4, 0.5) is 17.1 Å². The van der Waals surface area contributed by atoms with Gasteiger partial charge in [0.25, 0.3) is 0 Å². The third-order valence-electron chi connectivity index (χ3n) is 2.36. The maximum Gasteiger partial charge on any atom is 0.121 e. The lowest BCUT2D eigenvalue weighted by atomic mass is 10.2. The molecule has 4 heteroatoms. The molecule has 3 nitrogen and oxygen atoms in total. The molecule has 0 aliphatic heterocycles. The number of methoxy groups -OCH3 is 1. The number of ether oxygens (including phenoxy) is 1. The van der Waals surface area contributed by atoms with Crippen molar-refractivity contribution in [1.82, 2.24) is 0 Å². The van der Waals surface area contributed by atoms with Crippen LogP contribution < -0.4 is 15.8 Å². The van der Waals surface area contributed by atoms with E-state index in [4.69, 9.17) is 22.1 Å². The summed E-state index contributed by atoms with van der Waals surface area (Å²) in [6, 6.07) is 13.0. The second-order valence-electron chi connectivity index (χ2n) is 3.59. The molecule has 0 atom stereocenters. The Labute approximate surface area is 105 Å². The smallest absolute Gasteiger partial charge is 0.121 e. The summed E-state index contributed by atoms with van der Waals surface area (Å²) in [5, 5.41) is 3.88. The van der Waals surface area contributed by atoms with Crippen LogP contribution in [0.1, 0.15) is 0 Å². The van der Waals surface area contributed by atoms with Crippen LogP contribution in [0.25, 0.3) is 0 Å². The Morgan fingerprint density at radius 1 is 1.18 bits per heavy atom. The maximum atomic E-state index is 5.91. The molecule has 0 aromatic heterocycles. The molecule has 0 amide bonds. The van der Waals surface area contributed by atoms with Crippen molar-refractivity contribution in [2.24, 2.45) is 0 Å². The predicted molar refractivity (Wildman–Crippen MR) is 72.1 cm³/mol. The van der Waals surface area contributed by atoms with Gasteiger partial charge in [-0.15, -0.1) is 0 Å². The number of benzene rings is 2. The molecule has 0 aliphatic carbocycles. The highest BCUT2D eigenvalue weighted by Gasteiger charge is 2.01. The Bertz CT molecular complexity index is 529. The van der Waals surface area contributed by atoms with Gasteiger partial charge < -0.3 is 15.8 Å². The van der Waals surface area contributed by atoms with Gasteiger partial charge in [-0.25, -0.2) is 0 Å². The number of hydrogen-bond donors (Lipinski definition) is 2. The highest BCUT2D eigenvalue weighted by molar-refractivity contribution is 6.30. The summed E-state index contributed by atoms with van der Waals surface area (Å²) in [6.45, 7) is 0. The van der Waals surface area contributed by atoms with Gasteiger partial charge in [0.2, 0.25) is 0 Å². The van der Waals surface area contributed by atoms with Crippen LogP contribution in [-0.4, -0.2) is 7.11 Å². The molecule has 3 N–H and O–H groups in total. The highest BCUT2D eigenvalue weighted by Crippen LogP contribution is 2.27. The maximum absolute atomic E-state index is 5.91. The van der Waals surface area contributed by atoms with E-state index in [0.29, 0.717) is 10.7 Å². The molecular formula is C13H13ClN2O. The second-order valence-corrected chi connectivity index (χ2v) is 4.02. The summed E-state index contributed by atoms with van der Waals surface area (Å²) in [4.78, 5) is 0. The Morgan fingerprint density at radius 2 is 2.00 bits per heavy atom. The summed E-state index contributed by atoms with van der Waals surface area (Å²) >= 11 is 5.91. The van der Waals surface area contributed by atoms with E-state index in [2.05, 4.69) is 5.32 Å². The normalized spacial score (nSPS) is 10.0. The lowest BCUT2D eigenvalue weighted by Crippen LogP contribution is -1.96. The molecule has 0 saturated heterocycles. The molecule has 2 rings (SSSR count). The van der Waals surface area contributed by atoms with Gasteiger partial charge in [-0.2, -0.15) is 0 Å². The zero-order valence-corrected chi connectivity index (χ0v) is 10.2. The Morgan fingerprint density at radius 3 is 2.65 bits per heavy atom. The molecule has 2 aromatic rings. The number of nitrogens with one attached hydrogen (secondary N) is 1. The molecule has 88 valence electrons. The minimum Gasteiger partial charge on any atom is -0.497 e. The Kier molecular flexibility index (Phi) is 3.40. The third-order valence-corrected chi connectivity index (χ3v) is 2.60. The molecule has 0 bridgehead atoms. The van der Waals surface area contributed by atoms with Gasteiger partial charge in [0.1, 0.15) is 5.75 Å². The topological polar surface area (TPSA) is 47.3 Å². The van der Waals surface area contributed by atoms with Crippen LogP contribution in [-0.2, 0) is 0 Å². The van der Waals surface area contributed by atoms with Gasteiger partial charge in [0, 0.05) is 16.8 Å². The van der Waals surface area contributed by atoms with Gasteiger partial charge in [0.15, 0.2) is 0 Å². The van der Waals surface area contributed by atoms with E-state index in [1.54, 1.807) is 13.2 Å². The van der Waals surface area contributed by atoms with Crippen molar-refractivity contribution < 1.29 is 4.74 Å². The zero-order valence-electron chi connectivity index (χ0n) is 9.41. The Hall–Kier alpha value is -1.87.